The Kier molecular flexibility index (Phi) is 6.33. The zero-order valence-corrected chi connectivity index (χ0v) is 14.7. The van der Waals surface area contributed by atoms with Crippen molar-refractivity contribution in [2.45, 2.75) is 46.8 Å². The second-order valence-corrected chi connectivity index (χ2v) is 6.95. The van der Waals surface area contributed by atoms with E-state index in [-0.39, 0.29) is 5.56 Å². The first kappa shape index (κ1) is 19.2. The maximum absolute atomic E-state index is 12.6. The van der Waals surface area contributed by atoms with Crippen LogP contribution in [0.4, 0.5) is 0 Å². The van der Waals surface area contributed by atoms with Crippen LogP contribution < -0.4 is 5.32 Å². The Morgan fingerprint density at radius 3 is 2.04 bits per heavy atom. The molecule has 0 aliphatic rings. The Balaban J connectivity index is 3.07. The Morgan fingerprint density at radius 2 is 1.61 bits per heavy atom. The summed E-state index contributed by atoms with van der Waals surface area (Å²) in [6.07, 6.45) is -0.394. The quantitative estimate of drug-likeness (QED) is 0.508. The number of hydrogen-bond donors (Lipinski definition) is 1. The lowest BCUT2D eigenvalue weighted by atomic mass is 9.94. The van der Waals surface area contributed by atoms with E-state index in [0.29, 0.717) is 5.02 Å². The van der Waals surface area contributed by atoms with Gasteiger partial charge >= 0.3 is 5.97 Å². The molecule has 5 nitrogen and oxygen atoms in total. The first-order valence-electron chi connectivity index (χ1n) is 7.33. The van der Waals surface area contributed by atoms with Gasteiger partial charge in [0, 0.05) is 16.0 Å². The summed E-state index contributed by atoms with van der Waals surface area (Å²) < 4.78 is 5.09. The molecule has 1 N–H and O–H groups in total. The molecule has 0 spiro atoms. The lowest BCUT2D eigenvalue weighted by Gasteiger charge is -2.23. The molecule has 1 rings (SSSR count). The molecule has 0 aliphatic heterocycles. The van der Waals surface area contributed by atoms with Crippen LogP contribution in [0, 0.1) is 5.41 Å². The fourth-order valence-electron chi connectivity index (χ4n) is 1.66. The van der Waals surface area contributed by atoms with Crippen LogP contribution in [-0.4, -0.2) is 29.8 Å². The van der Waals surface area contributed by atoms with Crippen molar-refractivity contribution >= 4 is 29.3 Å². The zero-order chi connectivity index (χ0) is 17.8. The van der Waals surface area contributed by atoms with Crippen molar-refractivity contribution in [2.75, 3.05) is 0 Å². The molecule has 0 saturated heterocycles. The summed E-state index contributed by atoms with van der Waals surface area (Å²) >= 11 is 5.80. The van der Waals surface area contributed by atoms with Crippen molar-refractivity contribution in [1.29, 1.82) is 0 Å². The van der Waals surface area contributed by atoms with Crippen molar-refractivity contribution in [3.63, 3.8) is 0 Å². The first-order chi connectivity index (χ1) is 10.5. The van der Waals surface area contributed by atoms with Crippen LogP contribution in [0.2, 0.25) is 5.02 Å². The molecule has 0 radical (unpaired) electrons. The molecule has 0 saturated carbocycles. The molecule has 0 aliphatic carbocycles. The Labute approximate surface area is 141 Å². The van der Waals surface area contributed by atoms with Crippen molar-refractivity contribution in [2.24, 2.45) is 5.41 Å². The van der Waals surface area contributed by atoms with Gasteiger partial charge in [-0.1, -0.05) is 32.4 Å². The number of benzene rings is 1. The fraction of sp³-hybridized carbons (Fsp3) is 0.471. The summed E-state index contributed by atoms with van der Waals surface area (Å²) in [6, 6.07) is 4.72. The van der Waals surface area contributed by atoms with Crippen molar-refractivity contribution in [3.05, 3.63) is 34.9 Å². The number of amides is 1. The third kappa shape index (κ3) is 5.67. The minimum absolute atomic E-state index is 0.273. The van der Waals surface area contributed by atoms with E-state index in [1.807, 2.05) is 0 Å². The largest absolute Gasteiger partial charge is 0.461 e. The van der Waals surface area contributed by atoms with Crippen molar-refractivity contribution < 1.29 is 19.1 Å². The highest BCUT2D eigenvalue weighted by atomic mass is 35.5. The van der Waals surface area contributed by atoms with Gasteiger partial charge < -0.3 is 10.1 Å². The van der Waals surface area contributed by atoms with E-state index in [4.69, 9.17) is 16.3 Å². The SMILES string of the molecule is CC(C)OC(=O)C(NC(=O)C(C)(C)C)C(=O)c1ccc(Cl)cc1. The zero-order valence-electron chi connectivity index (χ0n) is 14.0. The normalized spacial score (nSPS) is 12.7. The van der Waals surface area contributed by atoms with Gasteiger partial charge in [0.25, 0.3) is 0 Å². The number of esters is 1. The molecule has 1 aromatic rings. The summed E-state index contributed by atoms with van der Waals surface area (Å²) in [5, 5.41) is 2.95. The van der Waals surface area contributed by atoms with Crippen LogP contribution in [0.3, 0.4) is 0 Å². The maximum atomic E-state index is 12.6. The van der Waals surface area contributed by atoms with Crippen LogP contribution in [0.1, 0.15) is 45.0 Å². The van der Waals surface area contributed by atoms with E-state index in [9.17, 15) is 14.4 Å². The fourth-order valence-corrected chi connectivity index (χ4v) is 1.79. The summed E-state index contributed by atoms with van der Waals surface area (Å²) in [5.74, 6) is -1.73. The predicted octanol–water partition coefficient (Wildman–Crippen LogP) is 3.01. The number of nitrogens with one attached hydrogen (secondary N) is 1. The monoisotopic (exact) mass is 339 g/mol. The molecule has 6 heteroatoms. The lowest BCUT2D eigenvalue weighted by Crippen LogP contribution is -2.51. The van der Waals surface area contributed by atoms with E-state index in [1.165, 1.54) is 12.1 Å². The number of carbonyl (C=O) groups excluding carboxylic acids is 3. The third-order valence-corrected chi connectivity index (χ3v) is 3.19. The molecule has 1 amide bonds. The Hall–Kier alpha value is -1.88. The summed E-state index contributed by atoms with van der Waals surface area (Å²) in [5.41, 5.74) is -0.467. The number of Topliss-reactive ketones (excluding diaryl/α,β-unsaturated/α-hetero) is 1. The second-order valence-electron chi connectivity index (χ2n) is 6.51. The first-order valence-corrected chi connectivity index (χ1v) is 7.71. The smallest absolute Gasteiger partial charge is 0.337 e. The minimum Gasteiger partial charge on any atom is -0.461 e. The van der Waals surface area contributed by atoms with Gasteiger partial charge in [-0.25, -0.2) is 4.79 Å². The van der Waals surface area contributed by atoms with E-state index in [1.54, 1.807) is 46.8 Å². The predicted molar refractivity (Wildman–Crippen MR) is 88.4 cm³/mol. The highest BCUT2D eigenvalue weighted by Crippen LogP contribution is 2.16. The molecule has 1 unspecified atom stereocenters. The van der Waals surface area contributed by atoms with Crippen molar-refractivity contribution in [1.82, 2.24) is 5.32 Å². The van der Waals surface area contributed by atoms with Gasteiger partial charge in [-0.15, -0.1) is 0 Å². The topological polar surface area (TPSA) is 72.5 Å². The minimum atomic E-state index is -1.38. The van der Waals surface area contributed by atoms with Gasteiger partial charge in [-0.2, -0.15) is 0 Å². The van der Waals surface area contributed by atoms with Crippen molar-refractivity contribution in [3.8, 4) is 0 Å². The molecular weight excluding hydrogens is 318 g/mol. The van der Waals surface area contributed by atoms with Crippen LogP contribution in [0.5, 0.6) is 0 Å². The number of ether oxygens (including phenoxy) is 1. The number of carbonyl (C=O) groups is 3. The molecule has 23 heavy (non-hydrogen) atoms. The molecule has 0 aromatic heterocycles. The van der Waals surface area contributed by atoms with Crippen LogP contribution in [0.25, 0.3) is 0 Å². The molecule has 1 aromatic carbocycles. The average Bonchev–Trinajstić information content (AvgIpc) is 2.42. The number of ketones is 1. The molecule has 0 heterocycles. The van der Waals surface area contributed by atoms with E-state index in [2.05, 4.69) is 5.32 Å². The van der Waals surface area contributed by atoms with Gasteiger partial charge in [-0.3, -0.25) is 9.59 Å². The van der Waals surface area contributed by atoms with Gasteiger partial charge in [0.15, 0.2) is 11.8 Å². The van der Waals surface area contributed by atoms with E-state index >= 15 is 0 Å². The molecule has 0 fully saturated rings. The molecule has 1 atom stereocenters. The standard InChI is InChI=1S/C17H22ClNO4/c1-10(2)23-15(21)13(19-16(22)17(3,4)5)14(20)11-6-8-12(18)9-7-11/h6-10,13H,1-5H3,(H,19,22). The maximum Gasteiger partial charge on any atom is 0.337 e. The van der Waals surface area contributed by atoms with E-state index in [0.717, 1.165) is 0 Å². The van der Waals surface area contributed by atoms with Crippen LogP contribution in [0.15, 0.2) is 24.3 Å². The highest BCUT2D eigenvalue weighted by Gasteiger charge is 2.34. The Morgan fingerprint density at radius 1 is 1.09 bits per heavy atom. The van der Waals surface area contributed by atoms with Gasteiger partial charge in [0.1, 0.15) is 0 Å². The van der Waals surface area contributed by atoms with Gasteiger partial charge in [0.2, 0.25) is 5.91 Å². The number of rotatable bonds is 5. The molecule has 126 valence electrons. The van der Waals surface area contributed by atoms with Crippen LogP contribution >= 0.6 is 11.6 Å². The van der Waals surface area contributed by atoms with Gasteiger partial charge in [0.05, 0.1) is 6.10 Å². The average molecular weight is 340 g/mol. The second kappa shape index (κ2) is 7.59. The number of hydrogen-bond acceptors (Lipinski definition) is 4. The number of halogens is 1. The van der Waals surface area contributed by atoms with E-state index < -0.39 is 35.2 Å². The highest BCUT2D eigenvalue weighted by molar-refractivity contribution is 6.30. The molecule has 0 bridgehead atoms. The summed E-state index contributed by atoms with van der Waals surface area (Å²) in [7, 11) is 0. The Bertz CT molecular complexity index is 588. The lowest BCUT2D eigenvalue weighted by molar-refractivity contribution is -0.150. The van der Waals surface area contributed by atoms with Crippen LogP contribution in [-0.2, 0) is 14.3 Å². The summed E-state index contributed by atoms with van der Waals surface area (Å²) in [4.78, 5) is 37.0. The molecular formula is C17H22ClNO4. The summed E-state index contributed by atoms with van der Waals surface area (Å²) in [6.45, 7) is 8.43. The third-order valence-electron chi connectivity index (χ3n) is 2.94. The van der Waals surface area contributed by atoms with Gasteiger partial charge in [-0.05, 0) is 38.1 Å².